The van der Waals surface area contributed by atoms with Gasteiger partial charge in [-0.05, 0) is 12.0 Å². The summed E-state index contributed by atoms with van der Waals surface area (Å²) < 4.78 is 7.61. The Hall–Kier alpha value is -2.41. The number of imidazole rings is 1. The van der Waals surface area contributed by atoms with Gasteiger partial charge in [-0.1, -0.05) is 37.1 Å². The zero-order valence-corrected chi connectivity index (χ0v) is 15.4. The van der Waals surface area contributed by atoms with Crippen molar-refractivity contribution in [2.45, 2.75) is 39.2 Å². The van der Waals surface area contributed by atoms with Gasteiger partial charge < -0.3 is 9.30 Å². The minimum atomic E-state index is -0.397. The number of unbranched alkanes of at least 4 members (excludes halogenated alkanes) is 1. The van der Waals surface area contributed by atoms with Gasteiger partial charge in [-0.2, -0.15) is 0 Å². The highest BCUT2D eigenvalue weighted by molar-refractivity contribution is 6.30. The number of ether oxygens (including phenoxy) is 1. The third-order valence-electron chi connectivity index (χ3n) is 4.31. The Labute approximate surface area is 156 Å². The van der Waals surface area contributed by atoms with Crippen LogP contribution < -0.4 is 0 Å². The molecule has 138 valence electrons. The number of halogens is 1. The molecule has 3 rings (SSSR count). The normalized spacial score (nSPS) is 13.5. The van der Waals surface area contributed by atoms with Crippen molar-refractivity contribution in [1.82, 2.24) is 9.55 Å². The molecule has 0 spiro atoms. The number of aromatic nitrogens is 2. The lowest BCUT2D eigenvalue weighted by molar-refractivity contribution is -0.384. The molecule has 26 heavy (non-hydrogen) atoms. The average Bonchev–Trinajstić information content (AvgIpc) is 3.24. The highest BCUT2D eigenvalue weighted by Crippen LogP contribution is 2.23. The van der Waals surface area contributed by atoms with E-state index in [1.165, 1.54) is 12.1 Å². The molecule has 0 saturated heterocycles. The van der Waals surface area contributed by atoms with Gasteiger partial charge in [0.2, 0.25) is 0 Å². The third-order valence-corrected chi connectivity index (χ3v) is 4.61. The Balaban J connectivity index is 1.89. The fourth-order valence-electron chi connectivity index (χ4n) is 2.92. The molecule has 1 aliphatic heterocycles. The number of nitrogens with zero attached hydrogens (tertiary/aromatic N) is 4. The number of hydrogen-bond acceptors (Lipinski definition) is 5. The molecule has 1 aromatic heterocycles. The second-order valence-corrected chi connectivity index (χ2v) is 6.54. The van der Waals surface area contributed by atoms with Crippen LogP contribution >= 0.6 is 11.6 Å². The van der Waals surface area contributed by atoms with Crippen molar-refractivity contribution in [1.29, 1.82) is 0 Å². The summed E-state index contributed by atoms with van der Waals surface area (Å²) in [6.45, 7) is 3.96. The average molecular weight is 377 g/mol. The van der Waals surface area contributed by atoms with Crippen LogP contribution in [0, 0.1) is 10.1 Å². The van der Waals surface area contributed by atoms with Crippen LogP contribution in [0.5, 0.6) is 0 Å². The zero-order valence-electron chi connectivity index (χ0n) is 14.7. The number of aryl methyl sites for hydroxylation is 1. The predicted molar refractivity (Wildman–Crippen MR) is 100 cm³/mol. The van der Waals surface area contributed by atoms with E-state index in [9.17, 15) is 10.1 Å². The van der Waals surface area contributed by atoms with Gasteiger partial charge in [0.15, 0.2) is 11.1 Å². The van der Waals surface area contributed by atoms with Crippen LogP contribution in [0.15, 0.2) is 29.3 Å². The fourth-order valence-corrected chi connectivity index (χ4v) is 3.19. The van der Waals surface area contributed by atoms with E-state index in [-0.39, 0.29) is 5.69 Å². The van der Waals surface area contributed by atoms with E-state index in [4.69, 9.17) is 16.3 Å². The van der Waals surface area contributed by atoms with Gasteiger partial charge in [0.25, 0.3) is 5.69 Å². The molecule has 2 heterocycles. The first-order valence-electron chi connectivity index (χ1n) is 8.71. The molecule has 8 heteroatoms. The quantitative estimate of drug-likeness (QED) is 0.518. The highest BCUT2D eigenvalue weighted by Gasteiger charge is 2.20. The van der Waals surface area contributed by atoms with Crippen molar-refractivity contribution in [2.75, 3.05) is 13.2 Å². The lowest BCUT2D eigenvalue weighted by atomic mass is 10.2. The Morgan fingerprint density at radius 3 is 2.73 bits per heavy atom. The summed E-state index contributed by atoms with van der Waals surface area (Å²) in [5, 5.41) is 11.3. The predicted octanol–water partition coefficient (Wildman–Crippen LogP) is 3.81. The van der Waals surface area contributed by atoms with Crippen LogP contribution in [-0.4, -0.2) is 33.5 Å². The van der Waals surface area contributed by atoms with Gasteiger partial charge in [0.05, 0.1) is 23.6 Å². The fraction of sp³-hybridized carbons (Fsp3) is 0.444. The van der Waals surface area contributed by atoms with Gasteiger partial charge >= 0.3 is 0 Å². The van der Waals surface area contributed by atoms with Crippen molar-refractivity contribution in [2.24, 2.45) is 4.99 Å². The number of nitro benzene ring substituents is 1. The molecule has 0 bridgehead atoms. The van der Waals surface area contributed by atoms with E-state index in [1.54, 1.807) is 12.1 Å². The molecule has 0 atom stereocenters. The first-order valence-corrected chi connectivity index (χ1v) is 9.09. The van der Waals surface area contributed by atoms with Gasteiger partial charge in [0, 0.05) is 25.1 Å². The van der Waals surface area contributed by atoms with Gasteiger partial charge in [-0.3, -0.25) is 15.1 Å². The van der Waals surface area contributed by atoms with E-state index in [2.05, 4.69) is 21.5 Å². The molecule has 7 nitrogen and oxygen atoms in total. The van der Waals surface area contributed by atoms with E-state index < -0.39 is 4.92 Å². The minimum Gasteiger partial charge on any atom is -0.479 e. The SMILES string of the molecule is CCCCc1nc(Cl)c(CC2=NCCO2)n1Cc1ccc([N+](=O)[O-])cc1. The maximum atomic E-state index is 10.8. The standard InChI is InChI=1S/C18H21ClN4O3/c1-2-3-4-16-21-18(19)15(11-17-20-9-10-26-17)22(16)12-13-5-7-14(8-6-13)23(24)25/h5-8H,2-4,9-12H2,1H3. The van der Waals surface area contributed by atoms with Crippen LogP contribution in [0.3, 0.4) is 0 Å². The number of aliphatic imine (C=N–C) groups is 1. The largest absolute Gasteiger partial charge is 0.479 e. The van der Waals surface area contributed by atoms with Crippen LogP contribution in [-0.2, 0) is 24.1 Å². The molecule has 0 amide bonds. The monoisotopic (exact) mass is 376 g/mol. The molecule has 0 aliphatic carbocycles. The summed E-state index contributed by atoms with van der Waals surface area (Å²) in [4.78, 5) is 19.3. The first-order chi connectivity index (χ1) is 12.6. The van der Waals surface area contributed by atoms with Crippen LogP contribution in [0.4, 0.5) is 5.69 Å². The number of hydrogen-bond donors (Lipinski definition) is 0. The molecule has 0 fully saturated rings. The summed E-state index contributed by atoms with van der Waals surface area (Å²) in [5.41, 5.74) is 1.91. The number of benzene rings is 1. The zero-order chi connectivity index (χ0) is 18.5. The number of nitro groups is 1. The van der Waals surface area contributed by atoms with Crippen LogP contribution in [0.1, 0.15) is 36.8 Å². The van der Waals surface area contributed by atoms with Crippen molar-refractivity contribution >= 4 is 23.2 Å². The molecular formula is C18H21ClN4O3. The molecule has 2 aromatic rings. The molecule has 0 radical (unpaired) electrons. The summed E-state index contributed by atoms with van der Waals surface area (Å²) in [5.74, 6) is 1.60. The first kappa shape index (κ1) is 18.4. The smallest absolute Gasteiger partial charge is 0.269 e. The summed E-state index contributed by atoms with van der Waals surface area (Å²) in [7, 11) is 0. The summed E-state index contributed by atoms with van der Waals surface area (Å²) in [6, 6.07) is 6.57. The molecule has 0 saturated carbocycles. The molecule has 1 aliphatic rings. The maximum Gasteiger partial charge on any atom is 0.269 e. The molecule has 1 aromatic carbocycles. The second-order valence-electron chi connectivity index (χ2n) is 6.18. The molecule has 0 N–H and O–H groups in total. The Kier molecular flexibility index (Phi) is 5.88. The Morgan fingerprint density at radius 2 is 2.12 bits per heavy atom. The van der Waals surface area contributed by atoms with Gasteiger partial charge in [0.1, 0.15) is 12.4 Å². The topological polar surface area (TPSA) is 82.5 Å². The number of rotatable bonds is 8. The molecular weight excluding hydrogens is 356 g/mol. The third kappa shape index (κ3) is 4.22. The van der Waals surface area contributed by atoms with Crippen molar-refractivity contribution in [3.8, 4) is 0 Å². The van der Waals surface area contributed by atoms with Gasteiger partial charge in [-0.15, -0.1) is 0 Å². The van der Waals surface area contributed by atoms with Crippen molar-refractivity contribution in [3.63, 3.8) is 0 Å². The minimum absolute atomic E-state index is 0.0811. The lowest BCUT2D eigenvalue weighted by Crippen LogP contribution is -2.13. The van der Waals surface area contributed by atoms with Gasteiger partial charge in [-0.25, -0.2) is 4.98 Å². The maximum absolute atomic E-state index is 10.8. The Bertz CT molecular complexity index is 815. The Morgan fingerprint density at radius 1 is 1.35 bits per heavy atom. The van der Waals surface area contributed by atoms with Crippen molar-refractivity contribution in [3.05, 3.63) is 56.6 Å². The van der Waals surface area contributed by atoms with E-state index in [0.29, 0.717) is 37.2 Å². The van der Waals surface area contributed by atoms with Crippen LogP contribution in [0.25, 0.3) is 0 Å². The second kappa shape index (κ2) is 8.31. The number of non-ortho nitro benzene ring substituents is 1. The lowest BCUT2D eigenvalue weighted by Gasteiger charge is -2.12. The van der Waals surface area contributed by atoms with E-state index >= 15 is 0 Å². The van der Waals surface area contributed by atoms with Crippen molar-refractivity contribution < 1.29 is 9.66 Å². The highest BCUT2D eigenvalue weighted by atomic mass is 35.5. The summed E-state index contributed by atoms with van der Waals surface area (Å²) >= 11 is 6.41. The summed E-state index contributed by atoms with van der Waals surface area (Å²) in [6.07, 6.45) is 3.42. The van der Waals surface area contributed by atoms with Crippen LogP contribution in [0.2, 0.25) is 5.15 Å². The van der Waals surface area contributed by atoms with E-state index in [1.807, 2.05) is 0 Å². The van der Waals surface area contributed by atoms with E-state index in [0.717, 1.165) is 36.3 Å². The molecule has 0 unspecified atom stereocenters.